The molecule has 1 heterocycles. The first-order valence-electron chi connectivity index (χ1n) is 10.1. The van der Waals surface area contributed by atoms with Crippen LogP contribution >= 0.6 is 11.8 Å². The Hall–Kier alpha value is -2.59. The number of fused-ring (bicyclic) bond motifs is 1. The Bertz CT molecular complexity index is 1030. The van der Waals surface area contributed by atoms with Gasteiger partial charge in [0, 0.05) is 22.2 Å². The number of hydrogen-bond donors (Lipinski definition) is 1. The third-order valence-corrected chi connectivity index (χ3v) is 6.94. The predicted molar refractivity (Wildman–Crippen MR) is 117 cm³/mol. The lowest BCUT2D eigenvalue weighted by Gasteiger charge is -2.26. The van der Waals surface area contributed by atoms with Crippen LogP contribution in [0.3, 0.4) is 0 Å². The minimum absolute atomic E-state index is 0.376. The van der Waals surface area contributed by atoms with Crippen molar-refractivity contribution in [3.05, 3.63) is 88.7 Å². The van der Waals surface area contributed by atoms with E-state index < -0.39 is 5.97 Å². The molecule has 1 N–H and O–H groups in total. The topological polar surface area (TPSA) is 50.2 Å². The Labute approximate surface area is 176 Å². The molecule has 4 heteroatoms. The minimum Gasteiger partial charge on any atom is -0.478 e. The van der Waals surface area contributed by atoms with E-state index in [0.29, 0.717) is 11.5 Å². The van der Waals surface area contributed by atoms with E-state index in [1.54, 1.807) is 18.5 Å². The summed E-state index contributed by atoms with van der Waals surface area (Å²) in [5.41, 5.74) is 5.40. The lowest BCUT2D eigenvalue weighted by atomic mass is 9.80. The molecule has 0 spiro atoms. The second-order valence-electron chi connectivity index (χ2n) is 7.69. The van der Waals surface area contributed by atoms with Crippen molar-refractivity contribution in [2.24, 2.45) is 0 Å². The molecule has 4 rings (SSSR count). The van der Waals surface area contributed by atoms with E-state index in [9.17, 15) is 9.90 Å². The molecule has 1 aromatic heterocycles. The van der Waals surface area contributed by atoms with Gasteiger partial charge in [-0.15, -0.1) is 0 Å². The van der Waals surface area contributed by atoms with Gasteiger partial charge < -0.3 is 5.11 Å². The zero-order valence-corrected chi connectivity index (χ0v) is 17.4. The van der Waals surface area contributed by atoms with Gasteiger partial charge in [0.15, 0.2) is 0 Å². The van der Waals surface area contributed by atoms with Crippen molar-refractivity contribution in [3.8, 4) is 0 Å². The summed E-state index contributed by atoms with van der Waals surface area (Å²) >= 11 is 1.83. The molecule has 1 aliphatic rings. The van der Waals surface area contributed by atoms with Gasteiger partial charge in [0.2, 0.25) is 0 Å². The number of rotatable bonds is 6. The number of aromatic nitrogens is 1. The van der Waals surface area contributed by atoms with Gasteiger partial charge in [-0.1, -0.05) is 36.0 Å². The van der Waals surface area contributed by atoms with Crippen molar-refractivity contribution < 1.29 is 9.90 Å². The third kappa shape index (κ3) is 4.54. The number of aryl methyl sites for hydroxylation is 3. The molecule has 0 saturated heterocycles. The van der Waals surface area contributed by atoms with Crippen molar-refractivity contribution in [3.63, 3.8) is 0 Å². The van der Waals surface area contributed by atoms with Crippen LogP contribution in [-0.4, -0.2) is 16.1 Å². The quantitative estimate of drug-likeness (QED) is 0.525. The van der Waals surface area contributed by atoms with E-state index in [-0.39, 0.29) is 0 Å². The van der Waals surface area contributed by atoms with Crippen LogP contribution < -0.4 is 0 Å². The summed E-state index contributed by atoms with van der Waals surface area (Å²) in [5, 5.41) is 9.40. The largest absolute Gasteiger partial charge is 0.478 e. The summed E-state index contributed by atoms with van der Waals surface area (Å²) in [6, 6.07) is 17.0. The molecule has 1 atom stereocenters. The lowest BCUT2D eigenvalue weighted by molar-refractivity contribution is 0.0695. The molecular formula is C25H25NO2S. The molecule has 0 aliphatic heterocycles. The van der Waals surface area contributed by atoms with Crippen molar-refractivity contribution >= 4 is 17.7 Å². The fourth-order valence-corrected chi connectivity index (χ4v) is 5.18. The number of carbonyl (C=O) groups is 1. The Balaban J connectivity index is 1.50. The second-order valence-corrected chi connectivity index (χ2v) is 8.81. The Morgan fingerprint density at radius 3 is 2.90 bits per heavy atom. The van der Waals surface area contributed by atoms with Gasteiger partial charge in [-0.25, -0.2) is 4.79 Å². The van der Waals surface area contributed by atoms with Crippen LogP contribution in [0, 0.1) is 6.92 Å². The van der Waals surface area contributed by atoms with E-state index in [1.165, 1.54) is 39.3 Å². The van der Waals surface area contributed by atoms with Crippen LogP contribution in [0.15, 0.2) is 70.7 Å². The molecule has 3 nitrogen and oxygen atoms in total. The Kier molecular flexibility index (Phi) is 6.00. The maximum atomic E-state index is 11.5. The monoisotopic (exact) mass is 403 g/mol. The first-order chi connectivity index (χ1) is 14.1. The van der Waals surface area contributed by atoms with Crippen LogP contribution in [-0.2, 0) is 12.8 Å². The van der Waals surface area contributed by atoms with Crippen molar-refractivity contribution in [1.29, 1.82) is 0 Å². The van der Waals surface area contributed by atoms with Gasteiger partial charge in [0.25, 0.3) is 0 Å². The zero-order chi connectivity index (χ0) is 20.2. The average Bonchev–Trinajstić information content (AvgIpc) is 2.74. The maximum Gasteiger partial charge on any atom is 0.336 e. The first-order valence-corrected chi connectivity index (χ1v) is 11.0. The summed E-state index contributed by atoms with van der Waals surface area (Å²) in [5.74, 6) is -0.387. The molecule has 0 radical (unpaired) electrons. The molecule has 0 fully saturated rings. The third-order valence-electron chi connectivity index (χ3n) is 5.77. The van der Waals surface area contributed by atoms with Gasteiger partial charge in [0.1, 0.15) is 0 Å². The summed E-state index contributed by atoms with van der Waals surface area (Å²) in [7, 11) is 0. The first kappa shape index (κ1) is 19.7. The highest BCUT2D eigenvalue weighted by Crippen LogP contribution is 2.38. The zero-order valence-electron chi connectivity index (χ0n) is 16.6. The van der Waals surface area contributed by atoms with Crippen molar-refractivity contribution in [1.82, 2.24) is 4.98 Å². The fourth-order valence-electron chi connectivity index (χ4n) is 4.22. The fraction of sp³-hybridized carbons (Fsp3) is 0.280. The smallest absolute Gasteiger partial charge is 0.336 e. The van der Waals surface area contributed by atoms with Gasteiger partial charge in [-0.2, -0.15) is 0 Å². The highest BCUT2D eigenvalue weighted by atomic mass is 32.2. The van der Waals surface area contributed by atoms with Gasteiger partial charge >= 0.3 is 5.97 Å². The molecule has 0 amide bonds. The van der Waals surface area contributed by atoms with Crippen LogP contribution in [0.2, 0.25) is 0 Å². The van der Waals surface area contributed by atoms with E-state index >= 15 is 0 Å². The van der Waals surface area contributed by atoms with Crippen LogP contribution in [0.5, 0.6) is 0 Å². The molecule has 0 saturated carbocycles. The normalized spacial score (nSPS) is 15.7. The number of carboxylic acids is 1. The predicted octanol–water partition coefficient (Wildman–Crippen LogP) is 6.29. The number of benzene rings is 2. The molecule has 2 aromatic carbocycles. The number of aromatic carboxylic acids is 1. The van der Waals surface area contributed by atoms with Crippen LogP contribution in [0.1, 0.15) is 57.8 Å². The molecular weight excluding hydrogens is 378 g/mol. The summed E-state index contributed by atoms with van der Waals surface area (Å²) in [6.45, 7) is 2.15. The van der Waals surface area contributed by atoms with E-state index in [0.717, 1.165) is 24.8 Å². The lowest BCUT2D eigenvalue weighted by Crippen LogP contribution is -2.12. The Morgan fingerprint density at radius 2 is 2.07 bits per heavy atom. The van der Waals surface area contributed by atoms with Gasteiger partial charge in [-0.05, 0) is 91.5 Å². The van der Waals surface area contributed by atoms with Gasteiger partial charge in [0.05, 0.1) is 5.56 Å². The number of carboxylic acid groups (broad SMARTS) is 1. The minimum atomic E-state index is -0.871. The molecule has 1 aliphatic carbocycles. The maximum absolute atomic E-state index is 11.5. The van der Waals surface area contributed by atoms with Gasteiger partial charge in [-0.3, -0.25) is 4.98 Å². The van der Waals surface area contributed by atoms with Crippen molar-refractivity contribution in [2.75, 3.05) is 0 Å². The van der Waals surface area contributed by atoms with E-state index in [2.05, 4.69) is 54.4 Å². The molecule has 29 heavy (non-hydrogen) atoms. The number of hydrogen-bond acceptors (Lipinski definition) is 3. The summed E-state index contributed by atoms with van der Waals surface area (Å²) in [6.07, 6.45) is 8.45. The molecule has 3 aromatic rings. The van der Waals surface area contributed by atoms with E-state index in [4.69, 9.17) is 0 Å². The van der Waals surface area contributed by atoms with Crippen LogP contribution in [0.25, 0.3) is 0 Å². The molecule has 148 valence electrons. The molecule has 0 bridgehead atoms. The SMILES string of the molecule is Cc1ccccc1Sc1ccc2c(c1)CCC[C@H]2CCc1cnccc1C(=O)O. The van der Waals surface area contributed by atoms with Crippen LogP contribution in [0.4, 0.5) is 0 Å². The standard InChI is InChI=1S/C25H25NO2S/c1-17-5-2-3-8-24(17)29-21-11-12-22-18(6-4-7-19(22)15-21)9-10-20-16-26-14-13-23(20)25(27)28/h2-3,5,8,11-16,18H,4,6-7,9-10H2,1H3,(H,27,28)/t18-/m0/s1. The average molecular weight is 404 g/mol. The summed E-state index contributed by atoms with van der Waals surface area (Å²) in [4.78, 5) is 18.2. The number of nitrogens with zero attached hydrogens (tertiary/aromatic N) is 1. The highest BCUT2D eigenvalue weighted by Gasteiger charge is 2.21. The number of pyridine rings is 1. The van der Waals surface area contributed by atoms with Crippen molar-refractivity contribution in [2.45, 2.75) is 54.7 Å². The molecule has 0 unspecified atom stereocenters. The van der Waals surface area contributed by atoms with E-state index in [1.807, 2.05) is 11.8 Å². The highest BCUT2D eigenvalue weighted by molar-refractivity contribution is 7.99. The summed E-state index contributed by atoms with van der Waals surface area (Å²) < 4.78 is 0. The Morgan fingerprint density at radius 1 is 1.21 bits per heavy atom. The second kappa shape index (κ2) is 8.83.